The van der Waals surface area contributed by atoms with E-state index in [1.807, 2.05) is 0 Å². The summed E-state index contributed by atoms with van der Waals surface area (Å²) in [5.41, 5.74) is 21.0. The van der Waals surface area contributed by atoms with E-state index in [-0.39, 0.29) is 34.5 Å². The van der Waals surface area contributed by atoms with Gasteiger partial charge in [0.05, 0.1) is 0 Å². The Labute approximate surface area is 245 Å². The van der Waals surface area contributed by atoms with Gasteiger partial charge in [-0.2, -0.15) is 0 Å². The van der Waals surface area contributed by atoms with Crippen LogP contribution in [0.3, 0.4) is 0 Å². The summed E-state index contributed by atoms with van der Waals surface area (Å²) in [6.07, 6.45) is 3.00. The molecule has 0 bridgehead atoms. The van der Waals surface area contributed by atoms with Gasteiger partial charge in [0.1, 0.15) is 0 Å². The Kier molecular flexibility index (Phi) is 11.5. The maximum atomic E-state index is 10.0. The minimum atomic E-state index is -0.145. The van der Waals surface area contributed by atoms with Gasteiger partial charge in [-0.05, 0) is 55.2 Å². The summed E-state index contributed by atoms with van der Waals surface area (Å²) in [5.74, 6) is 0.335. The van der Waals surface area contributed by atoms with Crippen LogP contribution in [0.15, 0.2) is 54.6 Å². The number of aromatic hydroxyl groups is 6. The molecule has 228 valence electrons. The number of nitrogens with one attached hydrogen (secondary N) is 6. The Hall–Kier alpha value is -3.78. The van der Waals surface area contributed by atoms with Crippen molar-refractivity contribution < 1.29 is 30.6 Å². The number of phenols is 6. The van der Waals surface area contributed by atoms with Crippen molar-refractivity contribution in [2.75, 3.05) is 19.6 Å². The number of rotatable bonds is 15. The van der Waals surface area contributed by atoms with Gasteiger partial charge in [0.25, 0.3) is 0 Å². The van der Waals surface area contributed by atoms with Crippen molar-refractivity contribution in [1.82, 2.24) is 32.6 Å². The van der Waals surface area contributed by atoms with Crippen LogP contribution in [0.2, 0.25) is 0 Å². The summed E-state index contributed by atoms with van der Waals surface area (Å²) >= 11 is 0. The number of phenolic OH excluding ortho intramolecular Hbond substituents is 6. The molecule has 0 spiro atoms. The molecule has 0 aromatic heterocycles. The van der Waals surface area contributed by atoms with Crippen LogP contribution in [-0.2, 0) is 19.6 Å². The molecule has 4 rings (SSSR count). The summed E-state index contributed by atoms with van der Waals surface area (Å²) in [6.45, 7) is 3.26. The van der Waals surface area contributed by atoms with Gasteiger partial charge in [0.2, 0.25) is 0 Å². The maximum absolute atomic E-state index is 10.0. The predicted octanol–water partition coefficient (Wildman–Crippen LogP) is 2.14. The number of hydrogen-bond acceptors (Lipinski definition) is 12. The molecule has 0 radical (unpaired) electrons. The molecule has 3 aromatic rings. The zero-order valence-electron chi connectivity index (χ0n) is 23.5. The molecule has 3 aromatic carbocycles. The lowest BCUT2D eigenvalue weighted by Gasteiger charge is -2.35. The SMILES string of the molecule is Oc1cccc(CNNCC2CC(CNNCc3cccc(O)c3O)CC(CNNCc3cccc(O)c3O)C2)c1O. The molecule has 1 aliphatic rings. The van der Waals surface area contributed by atoms with E-state index in [0.717, 1.165) is 38.9 Å². The smallest absolute Gasteiger partial charge is 0.162 e. The van der Waals surface area contributed by atoms with E-state index in [4.69, 9.17) is 0 Å². The molecule has 1 fully saturated rings. The third kappa shape index (κ3) is 8.86. The minimum absolute atomic E-state index is 0.125. The Balaban J connectivity index is 1.26. The number of para-hydroxylation sites is 3. The quantitative estimate of drug-likeness (QED) is 0.0711. The van der Waals surface area contributed by atoms with Gasteiger partial charge in [0, 0.05) is 56.0 Å². The van der Waals surface area contributed by atoms with Crippen molar-refractivity contribution in [3.8, 4) is 34.5 Å². The minimum Gasteiger partial charge on any atom is -0.504 e. The Bertz CT molecular complexity index is 1130. The van der Waals surface area contributed by atoms with Gasteiger partial charge >= 0.3 is 0 Å². The molecule has 0 unspecified atom stereocenters. The van der Waals surface area contributed by atoms with Gasteiger partial charge in [-0.3, -0.25) is 32.6 Å². The molecular formula is C30H42N6O6. The lowest BCUT2D eigenvalue weighted by molar-refractivity contribution is 0.173. The predicted molar refractivity (Wildman–Crippen MR) is 158 cm³/mol. The molecule has 0 amide bonds. The van der Waals surface area contributed by atoms with E-state index in [1.54, 1.807) is 36.4 Å². The fourth-order valence-corrected chi connectivity index (χ4v) is 5.49. The fourth-order valence-electron chi connectivity index (χ4n) is 5.49. The van der Waals surface area contributed by atoms with Crippen LogP contribution in [0.25, 0.3) is 0 Å². The van der Waals surface area contributed by atoms with E-state index in [1.165, 1.54) is 18.2 Å². The summed E-state index contributed by atoms with van der Waals surface area (Å²) in [7, 11) is 0. The molecule has 0 atom stereocenters. The molecule has 42 heavy (non-hydrogen) atoms. The van der Waals surface area contributed by atoms with Gasteiger partial charge < -0.3 is 30.6 Å². The third-order valence-corrected chi connectivity index (χ3v) is 7.68. The molecule has 1 aliphatic carbocycles. The Morgan fingerprint density at radius 3 is 1.00 bits per heavy atom. The van der Waals surface area contributed by atoms with Crippen LogP contribution in [0, 0.1) is 17.8 Å². The van der Waals surface area contributed by atoms with E-state index in [2.05, 4.69) is 32.6 Å². The summed E-state index contributed by atoms with van der Waals surface area (Å²) in [6, 6.07) is 14.6. The number of hydrazine groups is 3. The summed E-state index contributed by atoms with van der Waals surface area (Å²) in [5, 5.41) is 59.2. The molecule has 12 N–H and O–H groups in total. The van der Waals surface area contributed by atoms with Crippen LogP contribution in [0.1, 0.15) is 36.0 Å². The monoisotopic (exact) mass is 582 g/mol. The molecular weight excluding hydrogens is 540 g/mol. The molecule has 12 nitrogen and oxygen atoms in total. The largest absolute Gasteiger partial charge is 0.504 e. The second-order valence-corrected chi connectivity index (χ2v) is 10.9. The van der Waals surface area contributed by atoms with Crippen LogP contribution in [0.4, 0.5) is 0 Å². The van der Waals surface area contributed by atoms with Gasteiger partial charge in [-0.25, -0.2) is 0 Å². The van der Waals surface area contributed by atoms with E-state index in [9.17, 15) is 30.6 Å². The molecule has 0 heterocycles. The van der Waals surface area contributed by atoms with Crippen molar-refractivity contribution in [1.29, 1.82) is 0 Å². The average molecular weight is 583 g/mol. The third-order valence-electron chi connectivity index (χ3n) is 7.68. The van der Waals surface area contributed by atoms with Crippen LogP contribution >= 0.6 is 0 Å². The Morgan fingerprint density at radius 2 is 0.714 bits per heavy atom. The van der Waals surface area contributed by atoms with Gasteiger partial charge in [0.15, 0.2) is 34.5 Å². The Morgan fingerprint density at radius 1 is 0.429 bits per heavy atom. The number of hydrogen-bond donors (Lipinski definition) is 12. The fraction of sp³-hybridized carbons (Fsp3) is 0.400. The average Bonchev–Trinajstić information content (AvgIpc) is 2.98. The molecule has 1 saturated carbocycles. The second-order valence-electron chi connectivity index (χ2n) is 10.9. The molecule has 0 aliphatic heterocycles. The highest BCUT2D eigenvalue weighted by atomic mass is 16.3. The van der Waals surface area contributed by atoms with E-state index >= 15 is 0 Å². The lowest BCUT2D eigenvalue weighted by Crippen LogP contribution is -2.44. The maximum Gasteiger partial charge on any atom is 0.162 e. The standard InChI is InChI=1S/C30H42N6O6/c37-25-7-1-4-22(28(25)40)16-34-31-13-19-10-20(14-32-35-17-23-5-2-8-26(38)29(23)41)12-21(11-19)15-33-36-18-24-6-3-9-27(39)30(24)42/h1-9,19-21,31-42H,10-18H2. The molecule has 0 saturated heterocycles. The van der Waals surface area contributed by atoms with Crippen LogP contribution < -0.4 is 32.6 Å². The van der Waals surface area contributed by atoms with Gasteiger partial charge in [-0.1, -0.05) is 36.4 Å². The van der Waals surface area contributed by atoms with E-state index < -0.39 is 0 Å². The summed E-state index contributed by atoms with van der Waals surface area (Å²) < 4.78 is 0. The van der Waals surface area contributed by atoms with Crippen molar-refractivity contribution >= 4 is 0 Å². The highest BCUT2D eigenvalue weighted by molar-refractivity contribution is 5.45. The van der Waals surface area contributed by atoms with Crippen molar-refractivity contribution in [2.24, 2.45) is 17.8 Å². The first-order valence-corrected chi connectivity index (χ1v) is 14.2. The highest BCUT2D eigenvalue weighted by Gasteiger charge is 2.28. The first-order valence-electron chi connectivity index (χ1n) is 14.2. The second kappa shape index (κ2) is 15.4. The molecule has 12 heteroatoms. The first-order chi connectivity index (χ1) is 20.3. The topological polar surface area (TPSA) is 194 Å². The van der Waals surface area contributed by atoms with E-state index in [0.29, 0.717) is 54.1 Å². The van der Waals surface area contributed by atoms with Crippen molar-refractivity contribution in [2.45, 2.75) is 38.9 Å². The van der Waals surface area contributed by atoms with Crippen LogP contribution in [-0.4, -0.2) is 50.3 Å². The number of benzene rings is 3. The summed E-state index contributed by atoms with van der Waals surface area (Å²) in [4.78, 5) is 0. The zero-order valence-corrected chi connectivity index (χ0v) is 23.5. The van der Waals surface area contributed by atoms with Crippen LogP contribution in [0.5, 0.6) is 34.5 Å². The first kappa shape index (κ1) is 31.2. The van der Waals surface area contributed by atoms with Gasteiger partial charge in [-0.15, -0.1) is 0 Å². The highest BCUT2D eigenvalue weighted by Crippen LogP contribution is 2.33. The van der Waals surface area contributed by atoms with Crippen molar-refractivity contribution in [3.05, 3.63) is 71.3 Å². The normalized spacial score (nSPS) is 18.7. The lowest BCUT2D eigenvalue weighted by atomic mass is 9.75. The zero-order chi connectivity index (χ0) is 29.9. The van der Waals surface area contributed by atoms with Crippen molar-refractivity contribution in [3.63, 3.8) is 0 Å².